The molecule has 2 rings (SSSR count). The molecule has 0 N–H and O–H groups in total. The van der Waals surface area contributed by atoms with Crippen LogP contribution in [-0.4, -0.2) is 15.6 Å². The number of ketones is 1. The van der Waals surface area contributed by atoms with Crippen molar-refractivity contribution in [3.05, 3.63) is 44.8 Å². The van der Waals surface area contributed by atoms with Gasteiger partial charge in [0.2, 0.25) is 0 Å². The number of hydrogen-bond donors (Lipinski definition) is 0. The number of aryl methyl sites for hydroxylation is 1. The number of allylic oxidation sites excluding steroid dienone is 1. The molecule has 0 aliphatic rings. The fourth-order valence-electron chi connectivity index (χ4n) is 1.22. The molecule has 0 fully saturated rings. The van der Waals surface area contributed by atoms with Crippen LogP contribution in [0.5, 0.6) is 0 Å². The maximum Gasteiger partial charge on any atom is 0.189 e. The van der Waals surface area contributed by atoms with Crippen LogP contribution < -0.4 is 0 Å². The maximum atomic E-state index is 11.7. The summed E-state index contributed by atoms with van der Waals surface area (Å²) < 4.78 is 2.65. The largest absolute Gasteiger partial charge is 0.289 e. The van der Waals surface area contributed by atoms with Crippen LogP contribution in [0.3, 0.4) is 0 Å². The lowest BCUT2D eigenvalue weighted by molar-refractivity contribution is 0.104. The highest BCUT2D eigenvalue weighted by Crippen LogP contribution is 2.20. The molecular weight excluding hydrogens is 288 g/mol. The molecule has 2 aromatic heterocycles. The fourth-order valence-corrected chi connectivity index (χ4v) is 2.56. The van der Waals surface area contributed by atoms with Crippen molar-refractivity contribution in [2.45, 2.75) is 0 Å². The molecule has 0 atom stereocenters. The first-order valence-electron chi connectivity index (χ1n) is 4.60. The van der Waals surface area contributed by atoms with Crippen LogP contribution in [0, 0.1) is 0 Å². The van der Waals surface area contributed by atoms with Gasteiger partial charge in [0, 0.05) is 28.0 Å². The lowest BCUT2D eigenvalue weighted by Gasteiger charge is -1.87. The molecule has 0 saturated heterocycles. The first kappa shape index (κ1) is 11.3. The van der Waals surface area contributed by atoms with Crippen LogP contribution in [0.2, 0.25) is 0 Å². The summed E-state index contributed by atoms with van der Waals surface area (Å²) in [5.74, 6) is -0.0300. The van der Waals surface area contributed by atoms with Gasteiger partial charge in [0.15, 0.2) is 5.78 Å². The summed E-state index contributed by atoms with van der Waals surface area (Å²) in [6.07, 6.45) is 6.65. The van der Waals surface area contributed by atoms with Crippen LogP contribution >= 0.6 is 27.3 Å². The predicted octanol–water partition coefficient (Wildman–Crippen LogP) is 3.14. The van der Waals surface area contributed by atoms with E-state index in [9.17, 15) is 4.79 Å². The van der Waals surface area contributed by atoms with E-state index in [1.165, 1.54) is 0 Å². The van der Waals surface area contributed by atoms with Crippen molar-refractivity contribution in [2.24, 2.45) is 7.05 Å². The van der Waals surface area contributed by atoms with Gasteiger partial charge in [-0.05, 0) is 34.1 Å². The van der Waals surface area contributed by atoms with Gasteiger partial charge in [-0.1, -0.05) is 0 Å². The number of carbonyl (C=O) groups is 1. The maximum absolute atomic E-state index is 11.7. The van der Waals surface area contributed by atoms with E-state index in [1.807, 2.05) is 17.5 Å². The molecular formula is C11H9BrN2OS. The number of halogens is 1. The molecule has 0 unspecified atom stereocenters. The summed E-state index contributed by atoms with van der Waals surface area (Å²) in [4.78, 5) is 12.7. The minimum absolute atomic E-state index is 0.0300. The Morgan fingerprint density at radius 2 is 2.44 bits per heavy atom. The molecule has 0 aliphatic carbocycles. The zero-order chi connectivity index (χ0) is 11.5. The number of nitrogens with zero attached hydrogens (tertiary/aromatic N) is 2. The van der Waals surface area contributed by atoms with Crippen LogP contribution in [0.25, 0.3) is 6.08 Å². The Kier molecular flexibility index (Phi) is 3.36. The van der Waals surface area contributed by atoms with E-state index in [1.54, 1.807) is 41.5 Å². The zero-order valence-corrected chi connectivity index (χ0v) is 11.0. The molecule has 0 radical (unpaired) electrons. The Bertz CT molecular complexity index is 542. The second-order valence-electron chi connectivity index (χ2n) is 3.27. The smallest absolute Gasteiger partial charge is 0.189 e. The van der Waals surface area contributed by atoms with Gasteiger partial charge in [-0.25, -0.2) is 0 Å². The van der Waals surface area contributed by atoms with Gasteiger partial charge in [-0.15, -0.1) is 11.3 Å². The van der Waals surface area contributed by atoms with Crippen LogP contribution in [-0.2, 0) is 7.05 Å². The Hall–Kier alpha value is -1.20. The third-order valence-electron chi connectivity index (χ3n) is 1.98. The van der Waals surface area contributed by atoms with Crippen LogP contribution in [0.15, 0.2) is 34.4 Å². The van der Waals surface area contributed by atoms with Crippen molar-refractivity contribution in [2.75, 3.05) is 0 Å². The molecule has 0 aliphatic heterocycles. The molecule has 0 spiro atoms. The van der Waals surface area contributed by atoms with Gasteiger partial charge >= 0.3 is 0 Å². The quantitative estimate of drug-likeness (QED) is 0.644. The molecule has 2 heterocycles. The summed E-state index contributed by atoms with van der Waals surface area (Å²) in [6, 6.07) is 1.97. The highest BCUT2D eigenvalue weighted by atomic mass is 79.9. The topological polar surface area (TPSA) is 34.9 Å². The van der Waals surface area contributed by atoms with Gasteiger partial charge in [0.25, 0.3) is 0 Å². The standard InChI is InChI=1S/C11H9BrN2OS/c1-14-6-8(5-13-14)11(15)3-2-10-4-9(12)7-16-10/h2-7H,1H3/b3-2+. The minimum Gasteiger partial charge on any atom is -0.289 e. The highest BCUT2D eigenvalue weighted by Gasteiger charge is 2.03. The van der Waals surface area contributed by atoms with Gasteiger partial charge < -0.3 is 0 Å². The molecule has 0 bridgehead atoms. The van der Waals surface area contributed by atoms with Crippen LogP contribution in [0.1, 0.15) is 15.2 Å². The lowest BCUT2D eigenvalue weighted by atomic mass is 10.2. The van der Waals surface area contributed by atoms with Crippen molar-refractivity contribution in [3.63, 3.8) is 0 Å². The van der Waals surface area contributed by atoms with E-state index >= 15 is 0 Å². The average molecular weight is 297 g/mol. The number of rotatable bonds is 3. The van der Waals surface area contributed by atoms with E-state index in [4.69, 9.17) is 0 Å². The summed E-state index contributed by atoms with van der Waals surface area (Å²) in [5.41, 5.74) is 0.606. The third kappa shape index (κ3) is 2.68. The summed E-state index contributed by atoms with van der Waals surface area (Å²) >= 11 is 4.95. The minimum atomic E-state index is -0.0300. The molecule has 82 valence electrons. The monoisotopic (exact) mass is 296 g/mol. The Balaban J connectivity index is 2.10. The van der Waals surface area contributed by atoms with Crippen molar-refractivity contribution in [3.8, 4) is 0 Å². The zero-order valence-electron chi connectivity index (χ0n) is 8.55. The molecule has 0 amide bonds. The van der Waals surface area contributed by atoms with Crippen LogP contribution in [0.4, 0.5) is 0 Å². The summed E-state index contributed by atoms with van der Waals surface area (Å²) in [6.45, 7) is 0. The Morgan fingerprint density at radius 3 is 3.00 bits per heavy atom. The predicted molar refractivity (Wildman–Crippen MR) is 68.6 cm³/mol. The molecule has 2 aromatic rings. The molecule has 3 nitrogen and oxygen atoms in total. The average Bonchev–Trinajstić information content (AvgIpc) is 2.84. The van der Waals surface area contributed by atoms with E-state index in [0.29, 0.717) is 5.56 Å². The third-order valence-corrected chi connectivity index (χ3v) is 3.63. The molecule has 0 saturated carbocycles. The molecule has 0 aromatic carbocycles. The Morgan fingerprint density at radius 1 is 1.62 bits per heavy atom. The van der Waals surface area contributed by atoms with Crippen molar-refractivity contribution < 1.29 is 4.79 Å². The number of hydrogen-bond acceptors (Lipinski definition) is 3. The first-order chi connectivity index (χ1) is 7.65. The van der Waals surface area contributed by atoms with Gasteiger partial charge in [0.1, 0.15) is 0 Å². The van der Waals surface area contributed by atoms with E-state index < -0.39 is 0 Å². The Labute approximate surface area is 106 Å². The van der Waals surface area contributed by atoms with E-state index in [-0.39, 0.29) is 5.78 Å². The number of carbonyl (C=O) groups excluding carboxylic acids is 1. The highest BCUT2D eigenvalue weighted by molar-refractivity contribution is 9.10. The first-order valence-corrected chi connectivity index (χ1v) is 6.27. The van der Waals surface area contributed by atoms with Gasteiger partial charge in [0.05, 0.1) is 11.8 Å². The molecule has 5 heteroatoms. The van der Waals surface area contributed by atoms with E-state index in [0.717, 1.165) is 9.35 Å². The summed E-state index contributed by atoms with van der Waals surface area (Å²) in [7, 11) is 1.79. The van der Waals surface area contributed by atoms with Gasteiger partial charge in [-0.2, -0.15) is 5.10 Å². The second-order valence-corrected chi connectivity index (χ2v) is 5.13. The fraction of sp³-hybridized carbons (Fsp3) is 0.0909. The SMILES string of the molecule is Cn1cc(C(=O)/C=C/c2cc(Br)cs2)cn1. The van der Waals surface area contributed by atoms with Crippen molar-refractivity contribution >= 4 is 39.1 Å². The second kappa shape index (κ2) is 4.76. The molecule has 16 heavy (non-hydrogen) atoms. The van der Waals surface area contributed by atoms with Gasteiger partial charge in [-0.3, -0.25) is 9.48 Å². The normalized spacial score (nSPS) is 11.1. The summed E-state index contributed by atoms with van der Waals surface area (Å²) in [5, 5.41) is 5.93. The van der Waals surface area contributed by atoms with Crippen molar-refractivity contribution in [1.29, 1.82) is 0 Å². The van der Waals surface area contributed by atoms with E-state index in [2.05, 4.69) is 21.0 Å². The lowest BCUT2D eigenvalue weighted by Crippen LogP contribution is -1.91. The number of thiophene rings is 1. The number of aromatic nitrogens is 2. The van der Waals surface area contributed by atoms with Crippen molar-refractivity contribution in [1.82, 2.24) is 9.78 Å².